The lowest BCUT2D eigenvalue weighted by Crippen LogP contribution is -2.52. The second-order valence-electron chi connectivity index (χ2n) is 17.9. The first-order valence-electron chi connectivity index (χ1n) is 23.5. The minimum Gasteiger partial charge on any atom is -0.458 e. The van der Waals surface area contributed by atoms with Crippen molar-refractivity contribution in [1.29, 1.82) is 0 Å². The predicted molar refractivity (Wildman–Crippen MR) is 252 cm³/mol. The topological polar surface area (TPSA) is 293 Å². The molecule has 8 rings (SSSR count). The molecule has 2 aromatic carbocycles. The van der Waals surface area contributed by atoms with E-state index in [1.165, 1.54) is 10.6 Å². The second-order valence-corrected chi connectivity index (χ2v) is 17.9. The summed E-state index contributed by atoms with van der Waals surface area (Å²) in [7, 11) is 0. The number of imide groups is 1. The number of ether oxygens (including phenoxy) is 1. The van der Waals surface area contributed by atoms with E-state index in [1.807, 2.05) is 0 Å². The van der Waals surface area contributed by atoms with Crippen LogP contribution in [0, 0.1) is 12.7 Å². The minimum atomic E-state index is -2.04. The summed E-state index contributed by atoms with van der Waals surface area (Å²) in [6, 6.07) is 9.96. The number of hydrogen-bond acceptors (Lipinski definition) is 13. The smallest absolute Gasteiger partial charge is 0.343 e. The normalized spacial score (nSPS) is 17.6. The Labute approximate surface area is 410 Å². The number of nitrogens with zero attached hydrogens (tertiary/aromatic N) is 3. The van der Waals surface area contributed by atoms with E-state index >= 15 is 4.39 Å². The summed E-state index contributed by atoms with van der Waals surface area (Å²) in [6.07, 6.45) is 3.02. The number of rotatable bonds is 19. The molecule has 3 aliphatic heterocycles. The molecule has 376 valence electrons. The molecule has 0 spiro atoms. The largest absolute Gasteiger partial charge is 0.458 e. The molecule has 4 aromatic rings. The highest BCUT2D eigenvalue weighted by Gasteiger charge is 2.46. The fourth-order valence-electron chi connectivity index (χ4n) is 9.47. The first-order valence-corrected chi connectivity index (χ1v) is 23.5. The van der Waals surface area contributed by atoms with Gasteiger partial charge in [-0.15, -0.1) is 0 Å². The lowest BCUT2D eigenvalue weighted by Gasteiger charge is -2.31. The Kier molecular flexibility index (Phi) is 14.7. The van der Waals surface area contributed by atoms with Crippen molar-refractivity contribution in [2.24, 2.45) is 0 Å². The SMILES string of the molecule is CC[C@@]1(O)C(=O)OCc2c1cc1n(c2=O)Cc2c-1nc1cc(F)c(C)c3c1c2[C@@H](NC(=O)CCCNC(=O)CNC(=O)[C@H](Cc1ccccc1)NC(=O)CNC(=O)CNC(=O)CCN1C(=O)C=CC1=O)CC3. The molecule has 0 unspecified atom stereocenters. The van der Waals surface area contributed by atoms with E-state index < -0.39 is 96.0 Å². The van der Waals surface area contributed by atoms with Crippen molar-refractivity contribution in [1.82, 2.24) is 46.4 Å². The van der Waals surface area contributed by atoms with Crippen LogP contribution in [0.1, 0.15) is 84.0 Å². The van der Waals surface area contributed by atoms with Gasteiger partial charge in [0.25, 0.3) is 17.4 Å². The van der Waals surface area contributed by atoms with E-state index in [0.29, 0.717) is 57.4 Å². The highest BCUT2D eigenvalue weighted by atomic mass is 19.1. The Morgan fingerprint density at radius 3 is 2.29 bits per heavy atom. The van der Waals surface area contributed by atoms with Gasteiger partial charge in [-0.05, 0) is 60.9 Å². The lowest BCUT2D eigenvalue weighted by molar-refractivity contribution is -0.172. The molecule has 8 amide bonds. The zero-order valence-electron chi connectivity index (χ0n) is 39.4. The zero-order chi connectivity index (χ0) is 51.4. The maximum Gasteiger partial charge on any atom is 0.343 e. The Bertz CT molecular complexity index is 3030. The molecule has 0 saturated heterocycles. The number of carbonyl (C=O) groups excluding carboxylic acids is 9. The molecule has 0 radical (unpaired) electrons. The average molecular weight is 990 g/mol. The minimum absolute atomic E-state index is 0.0000322. The van der Waals surface area contributed by atoms with Crippen LogP contribution in [0.5, 0.6) is 0 Å². The van der Waals surface area contributed by atoms with E-state index in [9.17, 15) is 53.1 Å². The van der Waals surface area contributed by atoms with Gasteiger partial charge in [0.2, 0.25) is 35.4 Å². The molecule has 5 heterocycles. The van der Waals surface area contributed by atoms with E-state index in [-0.39, 0.29) is 75.4 Å². The van der Waals surface area contributed by atoms with Crippen LogP contribution in [0.25, 0.3) is 22.3 Å². The van der Waals surface area contributed by atoms with Gasteiger partial charge < -0.3 is 46.3 Å². The van der Waals surface area contributed by atoms with Gasteiger partial charge in [-0.1, -0.05) is 37.3 Å². The number of benzene rings is 2. The highest BCUT2D eigenvalue weighted by molar-refractivity contribution is 6.13. The number of cyclic esters (lactones) is 1. The number of amides is 8. The molecule has 2 aromatic heterocycles. The summed E-state index contributed by atoms with van der Waals surface area (Å²) < 4.78 is 22.1. The van der Waals surface area contributed by atoms with Crippen molar-refractivity contribution < 1.29 is 57.4 Å². The molecule has 4 aliphatic rings. The van der Waals surface area contributed by atoms with Crippen molar-refractivity contribution >= 4 is 64.1 Å². The third-order valence-electron chi connectivity index (χ3n) is 13.3. The molecular formula is C50H52FN9O12. The van der Waals surface area contributed by atoms with Crippen molar-refractivity contribution in [3.05, 3.63) is 110 Å². The lowest BCUT2D eigenvalue weighted by atomic mass is 9.81. The third kappa shape index (κ3) is 10.3. The third-order valence-corrected chi connectivity index (χ3v) is 13.3. The number of halogens is 1. The van der Waals surface area contributed by atoms with Gasteiger partial charge in [0.05, 0.1) is 54.7 Å². The fraction of sp³-hybridized carbons (Fsp3) is 0.380. The van der Waals surface area contributed by atoms with Gasteiger partial charge in [-0.2, -0.15) is 0 Å². The van der Waals surface area contributed by atoms with Crippen LogP contribution in [0.3, 0.4) is 0 Å². The van der Waals surface area contributed by atoms with E-state index in [1.54, 1.807) is 50.2 Å². The first-order chi connectivity index (χ1) is 34.5. The summed E-state index contributed by atoms with van der Waals surface area (Å²) in [6.45, 7) is 1.47. The number of pyridine rings is 2. The summed E-state index contributed by atoms with van der Waals surface area (Å²) in [4.78, 5) is 133. The summed E-state index contributed by atoms with van der Waals surface area (Å²) >= 11 is 0. The van der Waals surface area contributed by atoms with Gasteiger partial charge in [0.15, 0.2) is 5.60 Å². The van der Waals surface area contributed by atoms with Crippen LogP contribution < -0.4 is 37.5 Å². The summed E-state index contributed by atoms with van der Waals surface area (Å²) in [5.41, 5.74) is 2.11. The monoisotopic (exact) mass is 989 g/mol. The molecule has 1 aliphatic carbocycles. The number of hydrogen-bond donors (Lipinski definition) is 7. The van der Waals surface area contributed by atoms with Crippen LogP contribution in [-0.2, 0) is 79.5 Å². The molecule has 0 fully saturated rings. The van der Waals surface area contributed by atoms with Gasteiger partial charge in [-0.25, -0.2) is 14.2 Å². The van der Waals surface area contributed by atoms with Crippen molar-refractivity contribution in [2.75, 3.05) is 32.7 Å². The second kappa shape index (κ2) is 21.1. The maximum atomic E-state index is 15.4. The molecular weight excluding hydrogens is 938 g/mol. The molecule has 0 bridgehead atoms. The predicted octanol–water partition coefficient (Wildman–Crippen LogP) is -0.0818. The summed E-state index contributed by atoms with van der Waals surface area (Å²) in [5.74, 6) is -6.04. The van der Waals surface area contributed by atoms with Crippen molar-refractivity contribution in [3.63, 3.8) is 0 Å². The Hall–Kier alpha value is -8.14. The van der Waals surface area contributed by atoms with Crippen LogP contribution >= 0.6 is 0 Å². The Morgan fingerprint density at radius 1 is 0.861 bits per heavy atom. The number of fused-ring (bicyclic) bond motifs is 5. The molecule has 7 N–H and O–H groups in total. The van der Waals surface area contributed by atoms with Crippen LogP contribution in [0.4, 0.5) is 4.39 Å². The van der Waals surface area contributed by atoms with E-state index in [4.69, 9.17) is 9.72 Å². The number of aromatic nitrogens is 2. The number of aliphatic hydroxyl groups is 1. The van der Waals surface area contributed by atoms with Gasteiger partial charge in [0, 0.05) is 67.1 Å². The highest BCUT2D eigenvalue weighted by Crippen LogP contribution is 2.46. The summed E-state index contributed by atoms with van der Waals surface area (Å²) in [5, 5.41) is 27.6. The molecule has 3 atom stereocenters. The zero-order valence-corrected chi connectivity index (χ0v) is 39.4. The first kappa shape index (κ1) is 50.3. The van der Waals surface area contributed by atoms with Crippen LogP contribution in [0.2, 0.25) is 0 Å². The Morgan fingerprint density at radius 2 is 1.56 bits per heavy atom. The number of nitrogens with one attached hydrogen (secondary N) is 6. The average Bonchev–Trinajstić information content (AvgIpc) is 3.90. The van der Waals surface area contributed by atoms with Crippen molar-refractivity contribution in [2.45, 2.75) is 89.6 Å². The van der Waals surface area contributed by atoms with Gasteiger partial charge in [0.1, 0.15) is 18.5 Å². The number of aryl methyl sites for hydroxylation is 1. The maximum absolute atomic E-state index is 15.4. The quantitative estimate of drug-likeness (QED) is 0.0324. The molecule has 21 nitrogen and oxygen atoms in total. The standard InChI is InChI=1S/C50H52FN9O12/c1-3-50(71)31-19-36-46-29(24-60(36)48(69)30(31)25-72-49(50)70)45-33(12-11-28-26(2)32(51)20-34(58-46)44(28)45)56-38(62)10-7-16-52-39(63)22-55-47(68)35(18-27-8-5-4-6-9-27)57-41(65)23-54-40(64)21-53-37(61)15-17-59-42(66)13-14-43(59)67/h4-6,8-9,13-14,19-20,33,35,71H,3,7,10-12,15-18,21-25H2,1-2H3,(H,52,63)(H,53,61)(H,54,64)(H,55,68)(H,56,62)(H,57,65)/t33-,35-,50-/m0/s1. The molecule has 0 saturated carbocycles. The molecule has 22 heteroatoms. The Balaban J connectivity index is 0.835. The molecule has 72 heavy (non-hydrogen) atoms. The van der Waals surface area contributed by atoms with Crippen molar-refractivity contribution in [3.8, 4) is 11.4 Å². The number of esters is 1. The number of carbonyl (C=O) groups is 9. The van der Waals surface area contributed by atoms with E-state index in [2.05, 4.69) is 31.9 Å². The van der Waals surface area contributed by atoms with Crippen LogP contribution in [-0.4, -0.2) is 112 Å². The van der Waals surface area contributed by atoms with E-state index in [0.717, 1.165) is 22.6 Å². The van der Waals surface area contributed by atoms with Gasteiger partial charge >= 0.3 is 5.97 Å². The fourth-order valence-corrected chi connectivity index (χ4v) is 9.47. The van der Waals surface area contributed by atoms with Gasteiger partial charge in [-0.3, -0.25) is 48.1 Å². The van der Waals surface area contributed by atoms with Crippen LogP contribution in [0.15, 0.2) is 59.4 Å².